The molecule has 3 aromatic rings. The lowest BCUT2D eigenvalue weighted by Crippen LogP contribution is -2.17. The second kappa shape index (κ2) is 7.41. The fraction of sp³-hybridized carbons (Fsp3) is 0.200. The first-order valence-corrected chi connectivity index (χ1v) is 8.84. The smallest absolute Gasteiger partial charge is 0.340 e. The van der Waals surface area contributed by atoms with Crippen molar-refractivity contribution in [3.05, 3.63) is 65.9 Å². The molecule has 1 aliphatic heterocycles. The maximum atomic E-state index is 12.2. The SMILES string of the molecule is CCOC(=O)c1ccccc1Nc1cnnc(N2CCc3ccccc32)n1. The number of aromatic nitrogens is 3. The summed E-state index contributed by atoms with van der Waals surface area (Å²) in [5.41, 5.74) is 3.44. The normalized spacial score (nSPS) is 12.6. The van der Waals surface area contributed by atoms with Gasteiger partial charge in [0.15, 0.2) is 5.82 Å². The Hall–Kier alpha value is -3.48. The second-order valence-corrected chi connectivity index (χ2v) is 6.06. The van der Waals surface area contributed by atoms with Gasteiger partial charge in [-0.15, -0.1) is 5.10 Å². The summed E-state index contributed by atoms with van der Waals surface area (Å²) in [7, 11) is 0. The number of nitrogens with one attached hydrogen (secondary N) is 1. The summed E-state index contributed by atoms with van der Waals surface area (Å²) in [6.07, 6.45) is 2.48. The summed E-state index contributed by atoms with van der Waals surface area (Å²) in [6, 6.07) is 15.4. The Morgan fingerprint density at radius 1 is 1.19 bits per heavy atom. The molecule has 0 saturated heterocycles. The molecule has 0 amide bonds. The molecular weight excluding hydrogens is 342 g/mol. The van der Waals surface area contributed by atoms with Crippen molar-refractivity contribution in [2.45, 2.75) is 13.3 Å². The Morgan fingerprint density at radius 3 is 2.89 bits per heavy atom. The van der Waals surface area contributed by atoms with E-state index in [0.29, 0.717) is 29.6 Å². The summed E-state index contributed by atoms with van der Waals surface area (Å²) >= 11 is 0. The van der Waals surface area contributed by atoms with Crippen molar-refractivity contribution in [2.75, 3.05) is 23.4 Å². The van der Waals surface area contributed by atoms with Crippen LogP contribution in [-0.2, 0) is 11.2 Å². The first-order chi connectivity index (χ1) is 13.3. The first-order valence-electron chi connectivity index (χ1n) is 8.84. The number of hydrogen-bond acceptors (Lipinski definition) is 7. The number of benzene rings is 2. The minimum Gasteiger partial charge on any atom is -0.462 e. The number of rotatable bonds is 5. The molecule has 0 saturated carbocycles. The monoisotopic (exact) mass is 361 g/mol. The van der Waals surface area contributed by atoms with E-state index < -0.39 is 0 Å². The highest BCUT2D eigenvalue weighted by molar-refractivity contribution is 5.96. The van der Waals surface area contributed by atoms with Crippen LogP contribution in [0.3, 0.4) is 0 Å². The molecule has 2 heterocycles. The van der Waals surface area contributed by atoms with Crippen LogP contribution in [0.1, 0.15) is 22.8 Å². The van der Waals surface area contributed by atoms with Gasteiger partial charge < -0.3 is 15.0 Å². The third-order valence-corrected chi connectivity index (χ3v) is 4.36. The maximum absolute atomic E-state index is 12.2. The fourth-order valence-corrected chi connectivity index (χ4v) is 3.13. The lowest BCUT2D eigenvalue weighted by Gasteiger charge is -2.17. The van der Waals surface area contributed by atoms with Crippen LogP contribution in [0.2, 0.25) is 0 Å². The number of ether oxygens (including phenoxy) is 1. The van der Waals surface area contributed by atoms with Gasteiger partial charge in [0.05, 0.1) is 24.1 Å². The highest BCUT2D eigenvalue weighted by Crippen LogP contribution is 2.32. The molecule has 0 bridgehead atoms. The van der Waals surface area contributed by atoms with Crippen LogP contribution in [0.25, 0.3) is 0 Å². The number of hydrogen-bond donors (Lipinski definition) is 1. The topological polar surface area (TPSA) is 80.2 Å². The molecule has 1 aromatic heterocycles. The molecule has 0 fully saturated rings. The second-order valence-electron chi connectivity index (χ2n) is 6.06. The number of carbonyl (C=O) groups is 1. The van der Waals surface area contributed by atoms with Gasteiger partial charge in [0, 0.05) is 12.2 Å². The molecule has 7 nitrogen and oxygen atoms in total. The third kappa shape index (κ3) is 3.44. The number of fused-ring (bicyclic) bond motifs is 1. The summed E-state index contributed by atoms with van der Waals surface area (Å²) in [5.74, 6) is 0.663. The van der Waals surface area contributed by atoms with Crippen LogP contribution >= 0.6 is 0 Å². The number of nitrogens with zero attached hydrogens (tertiary/aromatic N) is 4. The fourth-order valence-electron chi connectivity index (χ4n) is 3.13. The van der Waals surface area contributed by atoms with E-state index in [4.69, 9.17) is 4.74 Å². The molecule has 0 radical (unpaired) electrons. The predicted octanol–water partition coefficient (Wildman–Crippen LogP) is 3.49. The van der Waals surface area contributed by atoms with Gasteiger partial charge in [-0.3, -0.25) is 0 Å². The Labute approximate surface area is 157 Å². The first kappa shape index (κ1) is 17.0. The summed E-state index contributed by atoms with van der Waals surface area (Å²) in [5, 5.41) is 11.4. The Kier molecular flexibility index (Phi) is 4.65. The quantitative estimate of drug-likeness (QED) is 0.697. The van der Waals surface area contributed by atoms with Crippen LogP contribution in [-0.4, -0.2) is 34.3 Å². The van der Waals surface area contributed by atoms with E-state index in [1.807, 2.05) is 23.1 Å². The van der Waals surface area contributed by atoms with E-state index in [1.165, 1.54) is 11.8 Å². The lowest BCUT2D eigenvalue weighted by atomic mass is 10.2. The van der Waals surface area contributed by atoms with Crippen molar-refractivity contribution in [2.24, 2.45) is 0 Å². The minimum absolute atomic E-state index is 0.320. The average Bonchev–Trinajstić information content (AvgIpc) is 3.13. The largest absolute Gasteiger partial charge is 0.462 e. The highest BCUT2D eigenvalue weighted by Gasteiger charge is 2.22. The molecule has 27 heavy (non-hydrogen) atoms. The summed E-state index contributed by atoms with van der Waals surface area (Å²) in [6.45, 7) is 2.91. The predicted molar refractivity (Wildman–Crippen MR) is 103 cm³/mol. The van der Waals surface area contributed by atoms with E-state index in [2.05, 4.69) is 32.6 Å². The molecule has 2 aromatic carbocycles. The van der Waals surface area contributed by atoms with Crippen LogP contribution < -0.4 is 10.2 Å². The van der Waals surface area contributed by atoms with Crippen molar-refractivity contribution >= 4 is 29.1 Å². The zero-order valence-electron chi connectivity index (χ0n) is 14.9. The molecule has 7 heteroatoms. The van der Waals surface area contributed by atoms with Gasteiger partial charge in [-0.1, -0.05) is 30.3 Å². The molecule has 4 rings (SSSR count). The summed E-state index contributed by atoms with van der Waals surface area (Å²) < 4.78 is 5.11. The van der Waals surface area contributed by atoms with Crippen LogP contribution in [0, 0.1) is 0 Å². The van der Waals surface area contributed by atoms with Gasteiger partial charge in [0.2, 0.25) is 0 Å². The highest BCUT2D eigenvalue weighted by atomic mass is 16.5. The van der Waals surface area contributed by atoms with Gasteiger partial charge in [0.1, 0.15) is 0 Å². The maximum Gasteiger partial charge on any atom is 0.340 e. The molecule has 0 atom stereocenters. The standard InChI is InChI=1S/C20H19N5O2/c1-2-27-19(26)15-8-4-5-9-16(15)22-18-13-21-24-20(23-18)25-12-11-14-7-3-6-10-17(14)25/h3-10,13H,2,11-12H2,1H3,(H,22,23,24). The van der Waals surface area contributed by atoms with E-state index >= 15 is 0 Å². The minimum atomic E-state index is -0.378. The number of carbonyl (C=O) groups excluding carboxylic acids is 1. The molecule has 136 valence electrons. The molecule has 0 aliphatic carbocycles. The molecule has 1 N–H and O–H groups in total. The van der Waals surface area contributed by atoms with Crippen molar-refractivity contribution < 1.29 is 9.53 Å². The van der Waals surface area contributed by atoms with Crippen LogP contribution in [0.15, 0.2) is 54.7 Å². The Bertz CT molecular complexity index is 976. The van der Waals surface area contributed by atoms with Gasteiger partial charge in [-0.2, -0.15) is 10.1 Å². The zero-order valence-corrected chi connectivity index (χ0v) is 14.9. The van der Waals surface area contributed by atoms with Crippen LogP contribution in [0.4, 0.5) is 23.1 Å². The number of para-hydroxylation sites is 2. The zero-order chi connectivity index (χ0) is 18.6. The van der Waals surface area contributed by atoms with Crippen molar-refractivity contribution in [3.63, 3.8) is 0 Å². The van der Waals surface area contributed by atoms with Gasteiger partial charge in [-0.05, 0) is 37.1 Å². The van der Waals surface area contributed by atoms with E-state index in [1.54, 1.807) is 25.1 Å². The van der Waals surface area contributed by atoms with Gasteiger partial charge in [-0.25, -0.2) is 4.79 Å². The van der Waals surface area contributed by atoms with Crippen LogP contribution in [0.5, 0.6) is 0 Å². The Balaban J connectivity index is 1.61. The van der Waals surface area contributed by atoms with Crippen molar-refractivity contribution in [1.82, 2.24) is 15.2 Å². The van der Waals surface area contributed by atoms with Gasteiger partial charge >= 0.3 is 5.97 Å². The van der Waals surface area contributed by atoms with E-state index in [-0.39, 0.29) is 5.97 Å². The van der Waals surface area contributed by atoms with Crippen molar-refractivity contribution in [1.29, 1.82) is 0 Å². The van der Waals surface area contributed by atoms with E-state index in [0.717, 1.165) is 18.7 Å². The van der Waals surface area contributed by atoms with E-state index in [9.17, 15) is 4.79 Å². The molecule has 1 aliphatic rings. The average molecular weight is 361 g/mol. The molecular formula is C20H19N5O2. The van der Waals surface area contributed by atoms with Crippen molar-refractivity contribution in [3.8, 4) is 0 Å². The molecule has 0 unspecified atom stereocenters. The lowest BCUT2D eigenvalue weighted by molar-refractivity contribution is 0.0527. The van der Waals surface area contributed by atoms with Gasteiger partial charge in [0.25, 0.3) is 5.95 Å². The number of anilines is 4. The number of esters is 1. The third-order valence-electron chi connectivity index (χ3n) is 4.36. The molecule has 0 spiro atoms. The summed E-state index contributed by atoms with van der Waals surface area (Å²) in [4.78, 5) is 18.8. The Morgan fingerprint density at radius 2 is 2.00 bits per heavy atom.